The van der Waals surface area contributed by atoms with Crippen LogP contribution in [0.5, 0.6) is 0 Å². The van der Waals surface area contributed by atoms with Crippen LogP contribution in [0.15, 0.2) is 66.0 Å². The van der Waals surface area contributed by atoms with E-state index in [9.17, 15) is 4.39 Å². The maximum absolute atomic E-state index is 13.2. The Labute approximate surface area is 143 Å². The van der Waals surface area contributed by atoms with Crippen molar-refractivity contribution in [3.05, 3.63) is 66.6 Å². The van der Waals surface area contributed by atoms with Crippen molar-refractivity contribution >= 4 is 11.8 Å². The lowest BCUT2D eigenvalue weighted by atomic mass is 10.1. The molecule has 2 nitrogen and oxygen atoms in total. The van der Waals surface area contributed by atoms with E-state index in [1.165, 1.54) is 22.9 Å². The highest BCUT2D eigenvalue weighted by molar-refractivity contribution is 7.99. The molecule has 0 saturated carbocycles. The first-order valence-corrected chi connectivity index (χ1v) is 7.91. The highest BCUT2D eigenvalue weighted by atomic mass is 79.9. The summed E-state index contributed by atoms with van der Waals surface area (Å²) in [6.07, 6.45) is 2.19. The van der Waals surface area contributed by atoms with E-state index in [-0.39, 0.29) is 22.8 Å². The van der Waals surface area contributed by atoms with E-state index in [0.29, 0.717) is 0 Å². The molecule has 112 valence electrons. The van der Waals surface area contributed by atoms with Crippen molar-refractivity contribution in [3.8, 4) is 16.9 Å². The Morgan fingerprint density at radius 2 is 1.73 bits per heavy atom. The maximum Gasteiger partial charge on any atom is 0.323 e. The number of thioether (sulfide) groups is 1. The van der Waals surface area contributed by atoms with Gasteiger partial charge in [0.15, 0.2) is 5.69 Å². The van der Waals surface area contributed by atoms with Gasteiger partial charge in [-0.05, 0) is 36.0 Å². The van der Waals surface area contributed by atoms with Gasteiger partial charge in [-0.1, -0.05) is 30.3 Å². The second kappa shape index (κ2) is 6.26. The van der Waals surface area contributed by atoms with E-state index >= 15 is 0 Å². The van der Waals surface area contributed by atoms with Crippen LogP contribution in [0.4, 0.5) is 4.39 Å². The molecular formula is C17H14BrFN2S. The van der Waals surface area contributed by atoms with Crippen LogP contribution in [0, 0.1) is 5.82 Å². The van der Waals surface area contributed by atoms with E-state index in [2.05, 4.69) is 27.5 Å². The SMILES string of the molecule is Fc1ccc(-n2c(-c3ccccc3)c[n+]3c2SCC3)cc1.[Br-]. The van der Waals surface area contributed by atoms with Gasteiger partial charge in [-0.3, -0.25) is 0 Å². The fourth-order valence-electron chi connectivity index (χ4n) is 2.69. The van der Waals surface area contributed by atoms with Gasteiger partial charge < -0.3 is 17.0 Å². The minimum atomic E-state index is -0.205. The van der Waals surface area contributed by atoms with Crippen molar-refractivity contribution in [2.45, 2.75) is 11.7 Å². The largest absolute Gasteiger partial charge is 1.00 e. The van der Waals surface area contributed by atoms with Crippen LogP contribution in [0.2, 0.25) is 0 Å². The first-order chi connectivity index (χ1) is 10.3. The number of nitrogens with zero attached hydrogens (tertiary/aromatic N) is 2. The van der Waals surface area contributed by atoms with E-state index in [0.717, 1.165) is 23.7 Å². The lowest BCUT2D eigenvalue weighted by Crippen LogP contribution is -3.00. The van der Waals surface area contributed by atoms with E-state index < -0.39 is 0 Å². The van der Waals surface area contributed by atoms with Crippen LogP contribution >= 0.6 is 11.8 Å². The zero-order chi connectivity index (χ0) is 14.2. The van der Waals surface area contributed by atoms with Gasteiger partial charge in [-0.2, -0.15) is 4.57 Å². The average Bonchev–Trinajstić information content (AvgIpc) is 3.10. The zero-order valence-electron chi connectivity index (χ0n) is 11.7. The molecule has 1 aromatic heterocycles. The van der Waals surface area contributed by atoms with Gasteiger partial charge in [0, 0.05) is 11.3 Å². The van der Waals surface area contributed by atoms with E-state index in [1.807, 2.05) is 42.1 Å². The quantitative estimate of drug-likeness (QED) is 0.597. The molecule has 0 spiro atoms. The summed E-state index contributed by atoms with van der Waals surface area (Å²) >= 11 is 1.84. The number of rotatable bonds is 2. The average molecular weight is 377 g/mol. The predicted molar refractivity (Wildman–Crippen MR) is 82.1 cm³/mol. The van der Waals surface area contributed by atoms with Gasteiger partial charge in [0.1, 0.15) is 24.2 Å². The number of hydrogen-bond donors (Lipinski definition) is 0. The summed E-state index contributed by atoms with van der Waals surface area (Å²) in [5.41, 5.74) is 3.31. The highest BCUT2D eigenvalue weighted by Crippen LogP contribution is 2.31. The van der Waals surface area contributed by atoms with Crippen LogP contribution in [-0.4, -0.2) is 10.3 Å². The molecule has 4 rings (SSSR count). The Balaban J connectivity index is 0.00000144. The Morgan fingerprint density at radius 1 is 1.00 bits per heavy atom. The molecule has 2 heterocycles. The van der Waals surface area contributed by atoms with Gasteiger partial charge in [-0.15, -0.1) is 0 Å². The molecule has 3 aromatic rings. The number of aryl methyl sites for hydroxylation is 1. The van der Waals surface area contributed by atoms with Crippen molar-refractivity contribution in [1.29, 1.82) is 0 Å². The summed E-state index contributed by atoms with van der Waals surface area (Å²) < 4.78 is 17.7. The Morgan fingerprint density at radius 3 is 2.45 bits per heavy atom. The molecule has 0 unspecified atom stereocenters. The predicted octanol–water partition coefficient (Wildman–Crippen LogP) is 0.681. The first-order valence-electron chi connectivity index (χ1n) is 6.92. The molecule has 0 fully saturated rings. The summed E-state index contributed by atoms with van der Waals surface area (Å²) in [6, 6.07) is 17.0. The molecule has 0 amide bonds. The van der Waals surface area contributed by atoms with Gasteiger partial charge in [-0.25, -0.2) is 8.96 Å². The number of aromatic nitrogens is 2. The molecule has 0 aliphatic carbocycles. The van der Waals surface area contributed by atoms with Crippen LogP contribution in [-0.2, 0) is 6.54 Å². The standard InChI is InChI=1S/C17H14FN2S.BrH/c18-14-6-8-15(9-7-14)20-16(13-4-2-1-3-5-13)12-19-10-11-21-17(19)20;/h1-9,12H,10-11H2;1H/q+1;/p-1. The summed E-state index contributed by atoms with van der Waals surface area (Å²) in [4.78, 5) is 0. The van der Waals surface area contributed by atoms with Crippen molar-refractivity contribution in [1.82, 2.24) is 4.57 Å². The third-order valence-corrected chi connectivity index (χ3v) is 4.74. The number of fused-ring (bicyclic) bond motifs is 1. The molecule has 1 aliphatic rings. The third-order valence-electron chi connectivity index (χ3n) is 3.67. The smallest absolute Gasteiger partial charge is 0.323 e. The first kappa shape index (κ1) is 15.3. The fourth-order valence-corrected chi connectivity index (χ4v) is 3.80. The molecule has 0 saturated heterocycles. The van der Waals surface area contributed by atoms with Gasteiger partial charge in [0.25, 0.3) is 0 Å². The molecule has 0 atom stereocenters. The third kappa shape index (κ3) is 2.59. The van der Waals surface area contributed by atoms with Crippen LogP contribution in [0.3, 0.4) is 0 Å². The van der Waals surface area contributed by atoms with Crippen LogP contribution in [0.25, 0.3) is 16.9 Å². The maximum atomic E-state index is 13.2. The van der Waals surface area contributed by atoms with Crippen LogP contribution < -0.4 is 21.5 Å². The molecule has 22 heavy (non-hydrogen) atoms. The number of benzene rings is 2. The van der Waals surface area contributed by atoms with Crippen LogP contribution in [0.1, 0.15) is 0 Å². The number of halogens is 2. The number of hydrogen-bond acceptors (Lipinski definition) is 1. The fraction of sp³-hybridized carbons (Fsp3) is 0.118. The topological polar surface area (TPSA) is 8.81 Å². The molecule has 1 aliphatic heterocycles. The second-order valence-corrected chi connectivity index (χ2v) is 6.08. The van der Waals surface area contributed by atoms with E-state index in [1.54, 1.807) is 0 Å². The van der Waals surface area contributed by atoms with Gasteiger partial charge in [0.2, 0.25) is 0 Å². The summed E-state index contributed by atoms with van der Waals surface area (Å²) in [5.74, 6) is 0.884. The van der Waals surface area contributed by atoms with Crippen molar-refractivity contribution in [2.24, 2.45) is 0 Å². The van der Waals surface area contributed by atoms with Crippen molar-refractivity contribution < 1.29 is 25.9 Å². The summed E-state index contributed by atoms with van der Waals surface area (Å²) in [5, 5.41) is 1.21. The lowest BCUT2D eigenvalue weighted by Gasteiger charge is -2.03. The van der Waals surface area contributed by atoms with E-state index in [4.69, 9.17) is 0 Å². The molecular weight excluding hydrogens is 363 g/mol. The van der Waals surface area contributed by atoms with Gasteiger partial charge in [0.05, 0.1) is 0 Å². The number of imidazole rings is 1. The monoisotopic (exact) mass is 376 g/mol. The molecule has 5 heteroatoms. The zero-order valence-corrected chi connectivity index (χ0v) is 14.1. The molecule has 0 N–H and O–H groups in total. The van der Waals surface area contributed by atoms with Gasteiger partial charge >= 0.3 is 5.16 Å². The summed E-state index contributed by atoms with van der Waals surface area (Å²) in [6.45, 7) is 1.02. The Hall–Kier alpha value is -1.59. The van der Waals surface area contributed by atoms with Crippen molar-refractivity contribution in [2.75, 3.05) is 5.75 Å². The minimum Gasteiger partial charge on any atom is -1.00 e. The van der Waals surface area contributed by atoms with Crippen molar-refractivity contribution in [3.63, 3.8) is 0 Å². The molecule has 2 aromatic carbocycles. The molecule has 0 radical (unpaired) electrons. The summed E-state index contributed by atoms with van der Waals surface area (Å²) in [7, 11) is 0. The lowest BCUT2D eigenvalue weighted by molar-refractivity contribution is -0.723. The second-order valence-electron chi connectivity index (χ2n) is 5.02. The molecule has 0 bridgehead atoms. The Kier molecular flexibility index (Phi) is 4.36. The minimum absolute atomic E-state index is 0. The Bertz CT molecular complexity index is 784. The normalized spacial score (nSPS) is 12.8. The highest BCUT2D eigenvalue weighted by Gasteiger charge is 2.30.